The largest absolute Gasteiger partial charge is 0.495 e. The van der Waals surface area contributed by atoms with Crippen LogP contribution in [0.4, 0.5) is 5.69 Å². The molecule has 236 valence electrons. The Bertz CT molecular complexity index is 1570. The number of hydrogen-bond donors (Lipinski definition) is 4. The number of piperidine rings is 2. The molecule has 0 aliphatic carbocycles. The van der Waals surface area contributed by atoms with Crippen LogP contribution >= 0.6 is 0 Å². The number of fused-ring (bicyclic) bond motifs is 1. The molecule has 2 amide bonds. The second-order valence-electron chi connectivity index (χ2n) is 12.6. The minimum atomic E-state index is -1.06. The summed E-state index contributed by atoms with van der Waals surface area (Å²) in [6.45, 7) is 4.33. The topological polar surface area (TPSA) is 126 Å². The van der Waals surface area contributed by atoms with Gasteiger partial charge < -0.3 is 31.7 Å². The van der Waals surface area contributed by atoms with Crippen LogP contribution < -0.4 is 26.8 Å². The highest BCUT2D eigenvalue weighted by atomic mass is 16.5. The van der Waals surface area contributed by atoms with E-state index in [9.17, 15) is 9.59 Å². The van der Waals surface area contributed by atoms with Gasteiger partial charge in [-0.25, -0.2) is 0 Å². The summed E-state index contributed by atoms with van der Waals surface area (Å²) < 4.78 is 5.82. The molecular formula is C36H44N6O3. The van der Waals surface area contributed by atoms with Crippen molar-refractivity contribution in [2.45, 2.75) is 43.7 Å². The van der Waals surface area contributed by atoms with E-state index in [1.54, 1.807) is 13.2 Å². The van der Waals surface area contributed by atoms with Gasteiger partial charge in [0.1, 0.15) is 11.6 Å². The predicted octanol–water partition coefficient (Wildman–Crippen LogP) is 3.80. The van der Waals surface area contributed by atoms with Gasteiger partial charge in [-0.15, -0.1) is 0 Å². The Morgan fingerprint density at radius 3 is 2.27 bits per heavy atom. The van der Waals surface area contributed by atoms with Gasteiger partial charge in [0.15, 0.2) is 0 Å². The van der Waals surface area contributed by atoms with Crippen LogP contribution in [-0.2, 0) is 16.8 Å². The summed E-state index contributed by atoms with van der Waals surface area (Å²) in [7, 11) is 3.73. The summed E-state index contributed by atoms with van der Waals surface area (Å²) in [6.07, 6.45) is 3.29. The molecule has 6 rings (SSSR count). The maximum Gasteiger partial charge on any atom is 0.252 e. The first kappa shape index (κ1) is 30.7. The van der Waals surface area contributed by atoms with Crippen molar-refractivity contribution in [3.63, 3.8) is 0 Å². The summed E-state index contributed by atoms with van der Waals surface area (Å²) in [4.78, 5) is 32.5. The number of benzene rings is 3. The van der Waals surface area contributed by atoms with Crippen LogP contribution in [0.3, 0.4) is 0 Å². The maximum atomic E-state index is 14.7. The second-order valence-corrected chi connectivity index (χ2v) is 12.6. The monoisotopic (exact) mass is 608 g/mol. The molecule has 3 aliphatic rings. The maximum absolute atomic E-state index is 14.7. The average Bonchev–Trinajstić information content (AvgIpc) is 3.05. The van der Waals surface area contributed by atoms with E-state index in [4.69, 9.17) is 16.2 Å². The van der Waals surface area contributed by atoms with Gasteiger partial charge in [-0.05, 0) is 93.7 Å². The lowest BCUT2D eigenvalue weighted by atomic mass is 9.56. The smallest absolute Gasteiger partial charge is 0.252 e. The fraction of sp³-hybridized carbons (Fsp3) is 0.389. The summed E-state index contributed by atoms with van der Waals surface area (Å²) >= 11 is 0. The quantitative estimate of drug-likeness (QED) is 0.307. The summed E-state index contributed by atoms with van der Waals surface area (Å²) in [5.41, 5.74) is 16.3. The van der Waals surface area contributed by atoms with Crippen LogP contribution in [0.25, 0.3) is 0 Å². The normalized spacial score (nSPS) is 21.6. The number of para-hydroxylation sites is 1. The van der Waals surface area contributed by atoms with Crippen molar-refractivity contribution in [1.29, 1.82) is 0 Å². The highest BCUT2D eigenvalue weighted by Gasteiger charge is 2.54. The molecule has 45 heavy (non-hydrogen) atoms. The lowest BCUT2D eigenvalue weighted by Crippen LogP contribution is -2.54. The molecule has 3 aromatic carbocycles. The van der Waals surface area contributed by atoms with Crippen molar-refractivity contribution in [1.82, 2.24) is 15.1 Å². The van der Waals surface area contributed by atoms with Gasteiger partial charge in [-0.1, -0.05) is 60.7 Å². The number of carbonyl (C=O) groups is 2. The molecule has 6 N–H and O–H groups in total. The van der Waals surface area contributed by atoms with Gasteiger partial charge in [-0.2, -0.15) is 0 Å². The molecule has 0 bridgehead atoms. The Balaban J connectivity index is 1.50. The molecule has 2 fully saturated rings. The number of methoxy groups -OCH3 is 1. The molecule has 1 unspecified atom stereocenters. The summed E-state index contributed by atoms with van der Waals surface area (Å²) in [6, 6.07) is 23.8. The average molecular weight is 609 g/mol. The number of nitrogens with two attached hydrogens (primary N) is 2. The van der Waals surface area contributed by atoms with Gasteiger partial charge in [0.2, 0.25) is 5.91 Å². The number of nitrogens with zero attached hydrogens (tertiary/aromatic N) is 2. The molecule has 0 aromatic heterocycles. The lowest BCUT2D eigenvalue weighted by molar-refractivity contribution is -0.119. The Hall–Kier alpha value is -4.34. The molecule has 0 saturated carbocycles. The number of hydrogen-bond acceptors (Lipinski definition) is 7. The van der Waals surface area contributed by atoms with Crippen LogP contribution in [0.15, 0.2) is 84.2 Å². The van der Waals surface area contributed by atoms with E-state index in [1.165, 1.54) is 5.56 Å². The third-order valence-corrected chi connectivity index (χ3v) is 9.94. The minimum absolute atomic E-state index is 0.0255. The SMILES string of the molecule is COc1cccc2c1NC(N)=C(C(=O)NC1CCN(C)CC1)C2(c1ccccc1C(N)=O)C1CCN(Cc2ccccc2)CC1. The summed E-state index contributed by atoms with van der Waals surface area (Å²) in [5, 5.41) is 6.70. The first-order valence-electron chi connectivity index (χ1n) is 15.9. The van der Waals surface area contributed by atoms with Crippen molar-refractivity contribution < 1.29 is 14.3 Å². The number of primary amides is 1. The van der Waals surface area contributed by atoms with E-state index in [0.29, 0.717) is 28.1 Å². The molecule has 9 heteroatoms. The van der Waals surface area contributed by atoms with Crippen molar-refractivity contribution in [2.75, 3.05) is 45.7 Å². The highest BCUT2D eigenvalue weighted by molar-refractivity contribution is 6.03. The zero-order chi connectivity index (χ0) is 31.6. The zero-order valence-electron chi connectivity index (χ0n) is 26.2. The fourth-order valence-corrected chi connectivity index (χ4v) is 7.75. The van der Waals surface area contributed by atoms with E-state index in [1.807, 2.05) is 42.5 Å². The first-order chi connectivity index (χ1) is 21.8. The van der Waals surface area contributed by atoms with Gasteiger partial charge in [0.05, 0.1) is 23.8 Å². The number of carbonyl (C=O) groups excluding carboxylic acids is 2. The van der Waals surface area contributed by atoms with E-state index >= 15 is 0 Å². The van der Waals surface area contributed by atoms with Gasteiger partial charge in [0, 0.05) is 18.2 Å². The van der Waals surface area contributed by atoms with Gasteiger partial charge in [-0.3, -0.25) is 14.5 Å². The summed E-state index contributed by atoms with van der Waals surface area (Å²) in [5.74, 6) is 0.0722. The van der Waals surface area contributed by atoms with Crippen molar-refractivity contribution in [2.24, 2.45) is 17.4 Å². The molecule has 1 atom stereocenters. The Labute approximate surface area is 265 Å². The molecule has 2 saturated heterocycles. The van der Waals surface area contributed by atoms with Gasteiger partial charge in [0.25, 0.3) is 5.91 Å². The van der Waals surface area contributed by atoms with Crippen molar-refractivity contribution in [3.05, 3.63) is 106 Å². The lowest BCUT2D eigenvalue weighted by Gasteiger charge is -2.50. The highest BCUT2D eigenvalue weighted by Crippen LogP contribution is 2.56. The number of anilines is 1. The second kappa shape index (κ2) is 12.9. The number of amides is 2. The molecule has 9 nitrogen and oxygen atoms in total. The van der Waals surface area contributed by atoms with Crippen LogP contribution in [0, 0.1) is 5.92 Å². The number of ether oxygens (including phenoxy) is 1. The fourth-order valence-electron chi connectivity index (χ4n) is 7.75. The number of likely N-dealkylation sites (tertiary alicyclic amines) is 2. The van der Waals surface area contributed by atoms with Crippen molar-refractivity contribution in [3.8, 4) is 5.75 Å². The third-order valence-electron chi connectivity index (χ3n) is 9.94. The number of nitrogens with one attached hydrogen (secondary N) is 2. The number of rotatable bonds is 8. The van der Waals surface area contributed by atoms with E-state index in [0.717, 1.165) is 64.0 Å². The van der Waals surface area contributed by atoms with Gasteiger partial charge >= 0.3 is 0 Å². The zero-order valence-corrected chi connectivity index (χ0v) is 26.2. The molecule has 3 aliphatic heterocycles. The Morgan fingerprint density at radius 2 is 1.58 bits per heavy atom. The Kier molecular flexibility index (Phi) is 8.83. The van der Waals surface area contributed by atoms with E-state index in [-0.39, 0.29) is 23.7 Å². The van der Waals surface area contributed by atoms with Crippen LogP contribution in [0.2, 0.25) is 0 Å². The molecule has 3 heterocycles. The third kappa shape index (κ3) is 5.78. The van der Waals surface area contributed by atoms with Crippen molar-refractivity contribution >= 4 is 17.5 Å². The Morgan fingerprint density at radius 1 is 0.911 bits per heavy atom. The molecule has 0 radical (unpaired) electrons. The van der Waals surface area contributed by atoms with Crippen LogP contribution in [0.5, 0.6) is 5.75 Å². The molecule has 3 aromatic rings. The molecule has 0 spiro atoms. The van der Waals surface area contributed by atoms with E-state index < -0.39 is 11.3 Å². The standard InChI is InChI=1S/C36H44N6O3/c1-41-19-17-26(18-20-41)39-35(44)31-33(37)40-32-29(13-8-14-30(32)45-2)36(31,28-12-7-6-11-27(28)34(38)43)25-15-21-42(22-16-25)23-24-9-4-3-5-10-24/h3-14,25-26,40H,15-23,37H2,1-2H3,(H2,38,43)(H,39,44). The minimum Gasteiger partial charge on any atom is -0.495 e. The predicted molar refractivity (Wildman–Crippen MR) is 177 cm³/mol. The van der Waals surface area contributed by atoms with Crippen LogP contribution in [0.1, 0.15) is 52.7 Å². The van der Waals surface area contributed by atoms with E-state index in [2.05, 4.69) is 51.7 Å². The molecular weight excluding hydrogens is 564 g/mol. The first-order valence-corrected chi connectivity index (χ1v) is 15.9. The van der Waals surface area contributed by atoms with Crippen LogP contribution in [-0.4, -0.2) is 68.0 Å².